The van der Waals surface area contributed by atoms with Crippen LogP contribution in [0.15, 0.2) is 18.2 Å². The molecule has 2 aromatic rings. The highest BCUT2D eigenvalue weighted by molar-refractivity contribution is 6.31. The first-order valence-corrected chi connectivity index (χ1v) is 7.96. The van der Waals surface area contributed by atoms with Gasteiger partial charge in [0, 0.05) is 28.2 Å². The van der Waals surface area contributed by atoms with Crippen molar-refractivity contribution in [2.75, 3.05) is 6.54 Å². The molecule has 8 heteroatoms. The first kappa shape index (κ1) is 16.3. The Morgan fingerprint density at radius 1 is 1.33 bits per heavy atom. The maximum atomic E-state index is 11.9. The first-order chi connectivity index (χ1) is 11.4. The SMILES string of the molecule is Cc1[nH]c2ccc(Cl)cc2c1CCNC(=O)C[C@@H]1NC(=O)NC1=O. The topological polar surface area (TPSA) is 103 Å². The van der Waals surface area contributed by atoms with Gasteiger partial charge in [-0.15, -0.1) is 0 Å². The Kier molecular flexibility index (Phi) is 4.44. The minimum atomic E-state index is -0.800. The van der Waals surface area contributed by atoms with Gasteiger partial charge in [0.15, 0.2) is 0 Å². The van der Waals surface area contributed by atoms with Crippen LogP contribution in [0.25, 0.3) is 10.9 Å². The lowest BCUT2D eigenvalue weighted by Gasteiger charge is -2.08. The van der Waals surface area contributed by atoms with E-state index in [1.54, 1.807) is 0 Å². The number of hydrogen-bond acceptors (Lipinski definition) is 3. The normalized spacial score (nSPS) is 17.0. The van der Waals surface area contributed by atoms with Crippen molar-refractivity contribution < 1.29 is 14.4 Å². The molecule has 1 aliphatic rings. The molecule has 24 heavy (non-hydrogen) atoms. The summed E-state index contributed by atoms with van der Waals surface area (Å²) in [6.45, 7) is 2.41. The minimum absolute atomic E-state index is 0.0731. The van der Waals surface area contributed by atoms with Crippen molar-refractivity contribution in [2.45, 2.75) is 25.8 Å². The van der Waals surface area contributed by atoms with Crippen LogP contribution in [-0.2, 0) is 16.0 Å². The second kappa shape index (κ2) is 6.52. The average Bonchev–Trinajstić information content (AvgIpc) is 2.98. The molecule has 1 saturated heterocycles. The first-order valence-electron chi connectivity index (χ1n) is 7.59. The van der Waals surface area contributed by atoms with E-state index in [1.165, 1.54) is 0 Å². The Balaban J connectivity index is 1.58. The summed E-state index contributed by atoms with van der Waals surface area (Å²) >= 11 is 6.05. The molecule has 1 aromatic heterocycles. The highest BCUT2D eigenvalue weighted by atomic mass is 35.5. The molecule has 126 valence electrons. The van der Waals surface area contributed by atoms with E-state index in [4.69, 9.17) is 11.6 Å². The molecule has 1 aromatic carbocycles. The zero-order valence-electron chi connectivity index (χ0n) is 13.0. The molecule has 4 amide bonds. The quantitative estimate of drug-likeness (QED) is 0.614. The maximum Gasteiger partial charge on any atom is 0.322 e. The zero-order chi connectivity index (χ0) is 17.3. The maximum absolute atomic E-state index is 11.9. The molecule has 0 spiro atoms. The van der Waals surface area contributed by atoms with Crippen LogP contribution in [-0.4, -0.2) is 35.4 Å². The summed E-state index contributed by atoms with van der Waals surface area (Å²) in [7, 11) is 0. The van der Waals surface area contributed by atoms with Gasteiger partial charge in [0.2, 0.25) is 5.91 Å². The van der Waals surface area contributed by atoms with Crippen LogP contribution in [0.2, 0.25) is 5.02 Å². The molecule has 1 aliphatic heterocycles. The summed E-state index contributed by atoms with van der Waals surface area (Å²) in [5.74, 6) is -0.759. The van der Waals surface area contributed by atoms with Crippen molar-refractivity contribution >= 4 is 40.3 Å². The van der Waals surface area contributed by atoms with E-state index in [1.807, 2.05) is 25.1 Å². The fourth-order valence-electron chi connectivity index (χ4n) is 2.86. The van der Waals surface area contributed by atoms with Gasteiger partial charge in [-0.2, -0.15) is 0 Å². The third-order valence-corrected chi connectivity index (χ3v) is 4.26. The van der Waals surface area contributed by atoms with Gasteiger partial charge in [0.05, 0.1) is 6.42 Å². The number of H-pyrrole nitrogens is 1. The smallest absolute Gasteiger partial charge is 0.322 e. The van der Waals surface area contributed by atoms with Gasteiger partial charge < -0.3 is 15.6 Å². The van der Waals surface area contributed by atoms with Crippen LogP contribution in [0, 0.1) is 6.92 Å². The Labute approximate surface area is 143 Å². The van der Waals surface area contributed by atoms with Crippen LogP contribution in [0.5, 0.6) is 0 Å². The van der Waals surface area contributed by atoms with Crippen LogP contribution in [0.3, 0.4) is 0 Å². The molecule has 1 atom stereocenters. The fourth-order valence-corrected chi connectivity index (χ4v) is 3.04. The van der Waals surface area contributed by atoms with Gasteiger partial charge >= 0.3 is 6.03 Å². The second-order valence-corrected chi connectivity index (χ2v) is 6.17. The van der Waals surface area contributed by atoms with Gasteiger partial charge in [0.1, 0.15) is 6.04 Å². The number of amides is 4. The number of carbonyl (C=O) groups is 3. The van der Waals surface area contributed by atoms with Crippen molar-refractivity contribution in [3.8, 4) is 0 Å². The molecule has 3 rings (SSSR count). The second-order valence-electron chi connectivity index (χ2n) is 5.74. The number of nitrogens with one attached hydrogen (secondary N) is 4. The van der Waals surface area contributed by atoms with Gasteiger partial charge in [-0.3, -0.25) is 14.9 Å². The Morgan fingerprint density at radius 3 is 2.83 bits per heavy atom. The van der Waals surface area contributed by atoms with E-state index in [2.05, 4.69) is 20.9 Å². The largest absolute Gasteiger partial charge is 0.358 e. The number of halogens is 1. The third kappa shape index (κ3) is 3.35. The number of carbonyl (C=O) groups excluding carboxylic acids is 3. The molecule has 1 fully saturated rings. The fraction of sp³-hybridized carbons (Fsp3) is 0.312. The lowest BCUT2D eigenvalue weighted by Crippen LogP contribution is -2.36. The van der Waals surface area contributed by atoms with E-state index in [0.29, 0.717) is 18.0 Å². The molecule has 0 unspecified atom stereocenters. The van der Waals surface area contributed by atoms with Gasteiger partial charge in [0.25, 0.3) is 5.91 Å². The summed E-state index contributed by atoms with van der Waals surface area (Å²) in [5, 5.41) is 8.97. The van der Waals surface area contributed by atoms with Crippen LogP contribution < -0.4 is 16.0 Å². The van der Waals surface area contributed by atoms with Crippen molar-refractivity contribution in [1.82, 2.24) is 20.9 Å². The van der Waals surface area contributed by atoms with Gasteiger partial charge in [-0.25, -0.2) is 4.79 Å². The average molecular weight is 349 g/mol. The minimum Gasteiger partial charge on any atom is -0.358 e. The Hall–Kier alpha value is -2.54. The van der Waals surface area contributed by atoms with Crippen molar-refractivity contribution in [3.05, 3.63) is 34.5 Å². The Morgan fingerprint density at radius 2 is 2.12 bits per heavy atom. The number of fused-ring (bicyclic) bond motifs is 1. The third-order valence-electron chi connectivity index (χ3n) is 4.03. The van der Waals surface area contributed by atoms with E-state index in [0.717, 1.165) is 22.2 Å². The van der Waals surface area contributed by atoms with Crippen LogP contribution in [0.1, 0.15) is 17.7 Å². The number of urea groups is 1. The van der Waals surface area contributed by atoms with E-state index < -0.39 is 18.0 Å². The number of hydrogen-bond donors (Lipinski definition) is 4. The van der Waals surface area contributed by atoms with E-state index in [-0.39, 0.29) is 12.3 Å². The number of aryl methyl sites for hydroxylation is 1. The van der Waals surface area contributed by atoms with E-state index >= 15 is 0 Å². The monoisotopic (exact) mass is 348 g/mol. The lowest BCUT2D eigenvalue weighted by molar-refractivity contribution is -0.126. The lowest BCUT2D eigenvalue weighted by atomic mass is 10.1. The number of benzene rings is 1. The van der Waals surface area contributed by atoms with E-state index in [9.17, 15) is 14.4 Å². The molecular formula is C16H17ClN4O3. The standard InChI is InChI=1S/C16H17ClN4O3/c1-8-10(11-6-9(17)2-3-12(11)19-8)4-5-18-14(22)7-13-15(23)21-16(24)20-13/h2-3,6,13,19H,4-5,7H2,1H3,(H,18,22)(H2,20,21,23,24)/t13-/m0/s1. The van der Waals surface area contributed by atoms with Crippen molar-refractivity contribution in [1.29, 1.82) is 0 Å². The molecule has 7 nitrogen and oxygen atoms in total. The Bertz CT molecular complexity index is 830. The van der Waals surface area contributed by atoms with Crippen LogP contribution in [0.4, 0.5) is 4.79 Å². The zero-order valence-corrected chi connectivity index (χ0v) is 13.8. The van der Waals surface area contributed by atoms with Crippen molar-refractivity contribution in [3.63, 3.8) is 0 Å². The van der Waals surface area contributed by atoms with Crippen LogP contribution >= 0.6 is 11.6 Å². The highest BCUT2D eigenvalue weighted by Crippen LogP contribution is 2.25. The molecule has 0 saturated carbocycles. The predicted octanol–water partition coefficient (Wildman–Crippen LogP) is 1.39. The van der Waals surface area contributed by atoms with Gasteiger partial charge in [-0.1, -0.05) is 11.6 Å². The molecule has 0 aliphatic carbocycles. The molecule has 0 radical (unpaired) electrons. The summed E-state index contributed by atoms with van der Waals surface area (Å²) in [6, 6.07) is 4.28. The number of aromatic nitrogens is 1. The predicted molar refractivity (Wildman–Crippen MR) is 89.8 cm³/mol. The number of aromatic amines is 1. The van der Waals surface area contributed by atoms with Crippen molar-refractivity contribution in [2.24, 2.45) is 0 Å². The van der Waals surface area contributed by atoms with Gasteiger partial charge in [-0.05, 0) is 37.1 Å². The summed E-state index contributed by atoms with van der Waals surface area (Å²) in [5.41, 5.74) is 3.13. The molecule has 4 N–H and O–H groups in total. The number of rotatable bonds is 5. The summed E-state index contributed by atoms with van der Waals surface area (Å²) in [4.78, 5) is 37.6. The highest BCUT2D eigenvalue weighted by Gasteiger charge is 2.31. The molecule has 0 bridgehead atoms. The number of imide groups is 1. The summed E-state index contributed by atoms with van der Waals surface area (Å²) in [6.07, 6.45) is 0.567. The molecular weight excluding hydrogens is 332 g/mol. The summed E-state index contributed by atoms with van der Waals surface area (Å²) < 4.78 is 0. The molecule has 2 heterocycles.